The average molecular weight is 392 g/mol. The number of alkyl halides is 2. The van der Waals surface area contributed by atoms with Gasteiger partial charge in [0.15, 0.2) is 0 Å². The first-order valence-electron chi connectivity index (χ1n) is 4.13. The summed E-state index contributed by atoms with van der Waals surface area (Å²) in [7, 11) is 0. The van der Waals surface area contributed by atoms with Gasteiger partial charge in [-0.2, -0.15) is 0 Å². The topological polar surface area (TPSA) is 37.3 Å². The molecule has 2 nitrogen and oxygen atoms in total. The Labute approximate surface area is 98.8 Å². The molecule has 0 heterocycles. The SMILES string of the molecule is O=C(O)C1(I)C2CCC(C2)C1I. The third-order valence-electron chi connectivity index (χ3n) is 3.21. The quantitative estimate of drug-likeness (QED) is 0.550. The second-order valence-corrected chi connectivity index (χ2v) is 6.87. The zero-order valence-corrected chi connectivity index (χ0v) is 10.8. The lowest BCUT2D eigenvalue weighted by Gasteiger charge is -2.32. The Bertz CT molecular complexity index is 227. The Morgan fingerprint density at radius 3 is 2.50 bits per heavy atom. The van der Waals surface area contributed by atoms with E-state index in [4.69, 9.17) is 5.11 Å². The molecule has 0 spiro atoms. The zero-order valence-electron chi connectivity index (χ0n) is 6.46. The summed E-state index contributed by atoms with van der Waals surface area (Å²) < 4.78 is -0.117. The van der Waals surface area contributed by atoms with Gasteiger partial charge in [0.2, 0.25) is 0 Å². The standard InChI is InChI=1S/C8H10I2O2/c9-6-4-1-2-5(3-4)8(6,10)7(11)12/h4-6H,1-3H2,(H,11,12). The molecule has 0 aliphatic heterocycles. The second-order valence-electron chi connectivity index (χ2n) is 3.75. The van der Waals surface area contributed by atoms with Crippen LogP contribution in [0, 0.1) is 11.8 Å². The van der Waals surface area contributed by atoms with Crippen molar-refractivity contribution in [1.29, 1.82) is 0 Å². The first kappa shape index (κ1) is 9.48. The molecule has 2 fully saturated rings. The molecule has 2 rings (SSSR count). The molecule has 2 aliphatic carbocycles. The fraction of sp³-hybridized carbons (Fsp3) is 0.875. The molecule has 2 saturated carbocycles. The highest BCUT2D eigenvalue weighted by molar-refractivity contribution is 14.1. The monoisotopic (exact) mass is 392 g/mol. The average Bonchev–Trinajstić information content (AvgIpc) is 2.55. The van der Waals surface area contributed by atoms with Crippen LogP contribution >= 0.6 is 45.2 Å². The van der Waals surface area contributed by atoms with Gasteiger partial charge in [-0.3, -0.25) is 4.79 Å². The molecule has 1 N–H and O–H groups in total. The van der Waals surface area contributed by atoms with Gasteiger partial charge >= 0.3 is 5.97 Å². The summed E-state index contributed by atoms with van der Waals surface area (Å²) in [6.07, 6.45) is 3.51. The highest BCUT2D eigenvalue weighted by Crippen LogP contribution is 2.58. The third kappa shape index (κ3) is 1.06. The first-order chi connectivity index (χ1) is 5.56. The van der Waals surface area contributed by atoms with E-state index in [9.17, 15) is 4.79 Å². The molecule has 4 atom stereocenters. The zero-order chi connectivity index (χ0) is 8.93. The Kier molecular flexibility index (Phi) is 2.34. The summed E-state index contributed by atoms with van der Waals surface area (Å²) in [5.74, 6) is 0.501. The third-order valence-corrected chi connectivity index (χ3v) is 8.41. The van der Waals surface area contributed by atoms with Crippen LogP contribution in [0.4, 0.5) is 0 Å². The van der Waals surface area contributed by atoms with Crippen LogP contribution < -0.4 is 0 Å². The molecule has 0 saturated heterocycles. The van der Waals surface area contributed by atoms with Gasteiger partial charge < -0.3 is 5.11 Å². The van der Waals surface area contributed by atoms with E-state index in [-0.39, 0.29) is 0 Å². The largest absolute Gasteiger partial charge is 0.480 e. The van der Waals surface area contributed by atoms with Crippen LogP contribution in [0.5, 0.6) is 0 Å². The maximum atomic E-state index is 11.1. The molecule has 0 aromatic heterocycles. The second kappa shape index (κ2) is 2.96. The summed E-state index contributed by atoms with van der Waals surface area (Å²) in [5, 5.41) is 9.15. The van der Waals surface area contributed by atoms with Crippen LogP contribution in [0.3, 0.4) is 0 Å². The summed E-state index contributed by atoms with van der Waals surface area (Å²) >= 11 is 4.50. The van der Waals surface area contributed by atoms with E-state index in [0.29, 0.717) is 15.8 Å². The van der Waals surface area contributed by atoms with E-state index in [1.165, 1.54) is 6.42 Å². The Balaban J connectivity index is 2.32. The van der Waals surface area contributed by atoms with E-state index in [2.05, 4.69) is 45.2 Å². The van der Waals surface area contributed by atoms with E-state index in [0.717, 1.165) is 12.8 Å². The lowest BCUT2D eigenvalue weighted by atomic mass is 9.89. The van der Waals surface area contributed by atoms with Gasteiger partial charge in [-0.1, -0.05) is 45.2 Å². The van der Waals surface area contributed by atoms with E-state index < -0.39 is 9.39 Å². The number of carbonyl (C=O) groups is 1. The fourth-order valence-corrected chi connectivity index (χ4v) is 5.03. The van der Waals surface area contributed by atoms with Gasteiger partial charge in [0.1, 0.15) is 3.42 Å². The Hall–Kier alpha value is 0.930. The molecule has 0 aromatic rings. The molecule has 4 heteroatoms. The smallest absolute Gasteiger partial charge is 0.320 e. The summed E-state index contributed by atoms with van der Waals surface area (Å²) in [5.41, 5.74) is 0. The Morgan fingerprint density at radius 1 is 1.50 bits per heavy atom. The van der Waals surface area contributed by atoms with Crippen molar-refractivity contribution in [3.63, 3.8) is 0 Å². The molecular weight excluding hydrogens is 382 g/mol. The number of halogens is 2. The van der Waals surface area contributed by atoms with Crippen molar-refractivity contribution in [2.24, 2.45) is 11.8 Å². The van der Waals surface area contributed by atoms with Gasteiger partial charge in [-0.15, -0.1) is 0 Å². The number of aliphatic carboxylic acids is 1. The van der Waals surface area contributed by atoms with Gasteiger partial charge in [-0.05, 0) is 31.1 Å². The molecule has 2 aliphatic rings. The molecule has 0 radical (unpaired) electrons. The molecule has 68 valence electrons. The lowest BCUT2D eigenvalue weighted by molar-refractivity contribution is -0.140. The number of carboxylic acid groups (broad SMARTS) is 1. The number of hydrogen-bond acceptors (Lipinski definition) is 1. The lowest BCUT2D eigenvalue weighted by Crippen LogP contribution is -2.45. The van der Waals surface area contributed by atoms with Gasteiger partial charge in [0.25, 0.3) is 0 Å². The normalized spacial score (nSPS) is 51.3. The fourth-order valence-electron chi connectivity index (χ4n) is 2.52. The maximum absolute atomic E-state index is 11.1. The van der Waals surface area contributed by atoms with Crippen LogP contribution in [0.2, 0.25) is 0 Å². The number of rotatable bonds is 1. The van der Waals surface area contributed by atoms with Crippen molar-refractivity contribution in [1.82, 2.24) is 0 Å². The Morgan fingerprint density at radius 2 is 2.17 bits per heavy atom. The first-order valence-corrected chi connectivity index (χ1v) is 6.45. The molecule has 0 aromatic carbocycles. The van der Waals surface area contributed by atoms with E-state index in [1.807, 2.05) is 0 Å². The summed E-state index contributed by atoms with van der Waals surface area (Å²) in [4.78, 5) is 11.1. The van der Waals surface area contributed by atoms with Gasteiger partial charge in [-0.25, -0.2) is 0 Å². The molecule has 4 unspecified atom stereocenters. The van der Waals surface area contributed by atoms with Crippen LogP contribution in [-0.2, 0) is 4.79 Å². The van der Waals surface area contributed by atoms with Crippen LogP contribution in [-0.4, -0.2) is 18.4 Å². The van der Waals surface area contributed by atoms with Gasteiger partial charge in [0, 0.05) is 3.92 Å². The minimum atomic E-state index is -0.602. The molecule has 2 bridgehead atoms. The number of hydrogen-bond donors (Lipinski definition) is 1. The van der Waals surface area contributed by atoms with Crippen LogP contribution in [0.25, 0.3) is 0 Å². The minimum absolute atomic E-state index is 0.340. The van der Waals surface area contributed by atoms with Crippen molar-refractivity contribution in [2.75, 3.05) is 0 Å². The summed E-state index contributed by atoms with van der Waals surface area (Å²) in [6, 6.07) is 0. The molecular formula is C8H10I2O2. The number of carboxylic acids is 1. The van der Waals surface area contributed by atoms with Crippen LogP contribution in [0.1, 0.15) is 19.3 Å². The number of fused-ring (bicyclic) bond motifs is 2. The van der Waals surface area contributed by atoms with Crippen molar-refractivity contribution in [3.8, 4) is 0 Å². The minimum Gasteiger partial charge on any atom is -0.480 e. The van der Waals surface area contributed by atoms with Crippen molar-refractivity contribution in [3.05, 3.63) is 0 Å². The highest BCUT2D eigenvalue weighted by atomic mass is 127. The van der Waals surface area contributed by atoms with E-state index >= 15 is 0 Å². The van der Waals surface area contributed by atoms with Gasteiger partial charge in [0.05, 0.1) is 0 Å². The highest BCUT2D eigenvalue weighted by Gasteiger charge is 2.60. The van der Waals surface area contributed by atoms with E-state index in [1.54, 1.807) is 0 Å². The molecule has 0 amide bonds. The predicted octanol–water partition coefficient (Wildman–Crippen LogP) is 2.48. The summed E-state index contributed by atoms with van der Waals surface area (Å²) in [6.45, 7) is 0. The van der Waals surface area contributed by atoms with Crippen molar-refractivity contribution < 1.29 is 9.90 Å². The van der Waals surface area contributed by atoms with Crippen LogP contribution in [0.15, 0.2) is 0 Å². The van der Waals surface area contributed by atoms with Crippen molar-refractivity contribution in [2.45, 2.75) is 26.6 Å². The molecule has 12 heavy (non-hydrogen) atoms. The van der Waals surface area contributed by atoms with Crippen molar-refractivity contribution >= 4 is 51.2 Å². The predicted molar refractivity (Wildman–Crippen MR) is 63.0 cm³/mol. The maximum Gasteiger partial charge on any atom is 0.320 e.